The fourth-order valence-electron chi connectivity index (χ4n) is 4.25. The lowest BCUT2D eigenvalue weighted by molar-refractivity contribution is -0.138. The number of rotatable bonds is 7. The van der Waals surface area contributed by atoms with Gasteiger partial charge in [0.1, 0.15) is 11.3 Å². The van der Waals surface area contributed by atoms with Gasteiger partial charge in [0.25, 0.3) is 0 Å². The largest absolute Gasteiger partial charge is 0.438 e. The maximum absolute atomic E-state index is 13.4. The van der Waals surface area contributed by atoms with Crippen LogP contribution in [0.3, 0.4) is 0 Å². The number of pyridine rings is 1. The number of hydrogen-bond acceptors (Lipinski definition) is 3. The maximum atomic E-state index is 13.4. The average molecular weight is 509 g/mol. The first-order valence-electron chi connectivity index (χ1n) is 12.2. The summed E-state index contributed by atoms with van der Waals surface area (Å²) in [6.45, 7) is 4.59. The zero-order chi connectivity index (χ0) is 26.2. The molecule has 1 saturated carbocycles. The second kappa shape index (κ2) is 9.80. The van der Waals surface area contributed by atoms with Gasteiger partial charge >= 0.3 is 12.2 Å². The zero-order valence-electron chi connectivity index (χ0n) is 20.5. The van der Waals surface area contributed by atoms with E-state index in [-0.39, 0.29) is 17.8 Å². The number of hydrogen-bond donors (Lipinski definition) is 2. The van der Waals surface area contributed by atoms with Crippen LogP contribution in [0.15, 0.2) is 66.9 Å². The Balaban J connectivity index is 1.47. The smallest absolute Gasteiger partial charge is 0.421 e. The van der Waals surface area contributed by atoms with Crippen LogP contribution in [0.5, 0.6) is 11.6 Å². The van der Waals surface area contributed by atoms with Gasteiger partial charge in [0.15, 0.2) is 0 Å². The molecule has 2 amide bonds. The number of alkyl halides is 3. The molecule has 0 radical (unpaired) electrons. The average Bonchev–Trinajstić information content (AvgIpc) is 3.59. The molecule has 0 spiro atoms. The summed E-state index contributed by atoms with van der Waals surface area (Å²) < 4.78 is 48.1. The Kier molecular flexibility index (Phi) is 6.54. The van der Waals surface area contributed by atoms with Gasteiger partial charge in [-0.15, -0.1) is 0 Å². The van der Waals surface area contributed by atoms with Gasteiger partial charge in [-0.25, -0.2) is 9.78 Å². The molecule has 5 rings (SSSR count). The molecule has 1 aliphatic rings. The summed E-state index contributed by atoms with van der Waals surface area (Å²) in [6.07, 6.45) is -0.997. The van der Waals surface area contributed by atoms with Gasteiger partial charge in [-0.2, -0.15) is 13.2 Å². The van der Waals surface area contributed by atoms with Crippen LogP contribution in [0.25, 0.3) is 22.2 Å². The summed E-state index contributed by atoms with van der Waals surface area (Å²) >= 11 is 0. The molecule has 2 aromatic heterocycles. The number of anilines is 1. The van der Waals surface area contributed by atoms with Gasteiger partial charge in [0.2, 0.25) is 5.88 Å². The Morgan fingerprint density at radius 2 is 1.86 bits per heavy atom. The second-order valence-corrected chi connectivity index (χ2v) is 9.59. The predicted octanol–water partition coefficient (Wildman–Crippen LogP) is 7.45. The minimum Gasteiger partial charge on any atom is -0.438 e. The van der Waals surface area contributed by atoms with Crippen molar-refractivity contribution in [1.29, 1.82) is 0 Å². The van der Waals surface area contributed by atoms with Crippen molar-refractivity contribution in [3.63, 3.8) is 0 Å². The van der Waals surface area contributed by atoms with Crippen molar-refractivity contribution in [3.8, 4) is 22.9 Å². The molecule has 4 aromatic rings. The quantitative estimate of drug-likeness (QED) is 0.272. The normalized spacial score (nSPS) is 13.7. The number of benzene rings is 2. The summed E-state index contributed by atoms with van der Waals surface area (Å²) in [7, 11) is 0. The molecular weight excluding hydrogens is 481 g/mol. The fourth-order valence-corrected chi connectivity index (χ4v) is 4.25. The van der Waals surface area contributed by atoms with Crippen molar-refractivity contribution in [1.82, 2.24) is 14.9 Å². The molecule has 2 heterocycles. The molecule has 1 aliphatic carbocycles. The molecule has 0 bridgehead atoms. The standard InChI is InChI=1S/C28H27F3N4O2/c1-17(2)33-27(36)34-21-10-7-19(8-11-21)24-14-20-9-12-22(15-25(20)35(24)16-18-5-6-18)37-26-23(28(29,30)31)4-3-13-32-26/h3-4,7-15,17-18H,5-6,16H2,1-2H3,(H2,33,34,36). The van der Waals surface area contributed by atoms with Gasteiger partial charge in [0, 0.05) is 41.6 Å². The van der Waals surface area contributed by atoms with Gasteiger partial charge in [-0.3, -0.25) is 0 Å². The predicted molar refractivity (Wildman–Crippen MR) is 137 cm³/mol. The van der Waals surface area contributed by atoms with E-state index in [1.165, 1.54) is 12.3 Å². The Bertz CT molecular complexity index is 1420. The number of halogens is 3. The molecule has 0 aliphatic heterocycles. The van der Waals surface area contributed by atoms with Crippen LogP contribution in [0.4, 0.5) is 23.7 Å². The van der Waals surface area contributed by atoms with Gasteiger partial charge in [0.05, 0.1) is 5.52 Å². The molecular formula is C28H27F3N4O2. The van der Waals surface area contributed by atoms with Crippen molar-refractivity contribution in [2.24, 2.45) is 5.92 Å². The SMILES string of the molecule is CC(C)NC(=O)Nc1ccc(-c2cc3ccc(Oc4ncccc4C(F)(F)F)cc3n2CC2CC2)cc1. The maximum Gasteiger partial charge on any atom is 0.421 e. The van der Waals surface area contributed by atoms with Gasteiger partial charge in [-0.1, -0.05) is 12.1 Å². The molecule has 9 heteroatoms. The van der Waals surface area contributed by atoms with Crippen LogP contribution in [-0.4, -0.2) is 21.6 Å². The number of carbonyl (C=O) groups is 1. The van der Waals surface area contributed by atoms with Crippen LogP contribution in [0.2, 0.25) is 0 Å². The van der Waals surface area contributed by atoms with E-state index >= 15 is 0 Å². The number of urea groups is 1. The molecule has 37 heavy (non-hydrogen) atoms. The van der Waals surface area contributed by atoms with Crippen LogP contribution in [0.1, 0.15) is 32.3 Å². The van der Waals surface area contributed by atoms with Crippen LogP contribution in [0, 0.1) is 5.92 Å². The lowest BCUT2D eigenvalue weighted by Crippen LogP contribution is -2.34. The third-order valence-corrected chi connectivity index (χ3v) is 6.16. The van der Waals surface area contributed by atoms with E-state index in [2.05, 4.69) is 26.3 Å². The Labute approximate surface area is 212 Å². The molecule has 2 aromatic carbocycles. The molecule has 2 N–H and O–H groups in total. The number of nitrogens with zero attached hydrogens (tertiary/aromatic N) is 2. The summed E-state index contributed by atoms with van der Waals surface area (Å²) in [5.74, 6) is 0.376. The molecule has 1 fully saturated rings. The highest BCUT2D eigenvalue weighted by Crippen LogP contribution is 2.39. The number of fused-ring (bicyclic) bond motifs is 1. The van der Waals surface area contributed by atoms with Crippen LogP contribution < -0.4 is 15.4 Å². The summed E-state index contributed by atoms with van der Waals surface area (Å²) in [6, 6.07) is 16.9. The first-order chi connectivity index (χ1) is 17.7. The van der Waals surface area contributed by atoms with Crippen LogP contribution >= 0.6 is 0 Å². The van der Waals surface area contributed by atoms with Crippen molar-refractivity contribution in [3.05, 3.63) is 72.4 Å². The van der Waals surface area contributed by atoms with E-state index < -0.39 is 17.6 Å². The number of carbonyl (C=O) groups excluding carboxylic acids is 1. The Hall–Kier alpha value is -4.01. The summed E-state index contributed by atoms with van der Waals surface area (Å²) in [5.41, 5.74) is 2.60. The van der Waals surface area contributed by atoms with Crippen molar-refractivity contribution in [2.75, 3.05) is 5.32 Å². The lowest BCUT2D eigenvalue weighted by Gasteiger charge is -2.14. The Morgan fingerprint density at radius 1 is 1.11 bits per heavy atom. The molecule has 0 saturated heterocycles. The first kappa shape index (κ1) is 24.7. The van der Waals surface area contributed by atoms with E-state index in [4.69, 9.17) is 4.74 Å². The highest BCUT2D eigenvalue weighted by molar-refractivity contribution is 5.91. The number of amides is 2. The Morgan fingerprint density at radius 3 is 2.54 bits per heavy atom. The lowest BCUT2D eigenvalue weighted by atomic mass is 10.1. The molecule has 6 nitrogen and oxygen atoms in total. The van der Waals surface area contributed by atoms with Crippen molar-refractivity contribution >= 4 is 22.6 Å². The monoisotopic (exact) mass is 508 g/mol. The van der Waals surface area contributed by atoms with Crippen molar-refractivity contribution < 1.29 is 22.7 Å². The van der Waals surface area contributed by atoms with Gasteiger partial charge in [-0.05, 0) is 80.6 Å². The van der Waals surface area contributed by atoms with E-state index in [0.29, 0.717) is 11.6 Å². The summed E-state index contributed by atoms with van der Waals surface area (Å²) in [4.78, 5) is 15.8. The number of ether oxygens (including phenoxy) is 1. The van der Waals surface area contributed by atoms with E-state index in [9.17, 15) is 18.0 Å². The first-order valence-corrected chi connectivity index (χ1v) is 12.2. The minimum absolute atomic E-state index is 0.0315. The summed E-state index contributed by atoms with van der Waals surface area (Å²) in [5, 5.41) is 6.57. The number of nitrogens with one attached hydrogen (secondary N) is 2. The molecule has 192 valence electrons. The molecule has 0 atom stereocenters. The molecule has 0 unspecified atom stereocenters. The third kappa shape index (κ3) is 5.71. The highest BCUT2D eigenvalue weighted by Gasteiger charge is 2.35. The minimum atomic E-state index is -4.57. The highest BCUT2D eigenvalue weighted by atomic mass is 19.4. The fraction of sp³-hybridized carbons (Fsp3) is 0.286. The zero-order valence-corrected chi connectivity index (χ0v) is 20.5. The van der Waals surface area contributed by atoms with Crippen molar-refractivity contribution in [2.45, 2.75) is 45.5 Å². The van der Waals surface area contributed by atoms with Gasteiger partial charge < -0.3 is 19.9 Å². The van der Waals surface area contributed by atoms with E-state index in [0.717, 1.165) is 47.6 Å². The number of aromatic nitrogens is 2. The van der Waals surface area contributed by atoms with Crippen LogP contribution in [-0.2, 0) is 12.7 Å². The second-order valence-electron chi connectivity index (χ2n) is 9.59. The van der Waals surface area contributed by atoms with E-state index in [1.54, 1.807) is 12.1 Å². The topological polar surface area (TPSA) is 68.2 Å². The van der Waals surface area contributed by atoms with E-state index in [1.807, 2.05) is 44.2 Å². The third-order valence-electron chi connectivity index (χ3n) is 6.16.